The van der Waals surface area contributed by atoms with Gasteiger partial charge in [0.2, 0.25) is 10.0 Å². The van der Waals surface area contributed by atoms with E-state index in [4.69, 9.17) is 0 Å². The smallest absolute Gasteiger partial charge is 0.252 e. The first-order valence-corrected chi connectivity index (χ1v) is 11.1. The van der Waals surface area contributed by atoms with Crippen LogP contribution in [0.25, 0.3) is 0 Å². The number of hydrogen-bond donors (Lipinski definition) is 1. The largest absolute Gasteiger partial charge is 0.346 e. The molecule has 28 heavy (non-hydrogen) atoms. The quantitative estimate of drug-likeness (QED) is 0.834. The van der Waals surface area contributed by atoms with Gasteiger partial charge in [0.25, 0.3) is 5.91 Å². The van der Waals surface area contributed by atoms with E-state index in [1.54, 1.807) is 6.07 Å². The molecule has 1 N–H and O–H groups in total. The van der Waals surface area contributed by atoms with Crippen molar-refractivity contribution in [3.8, 4) is 0 Å². The first-order chi connectivity index (χ1) is 13.2. The Bertz CT molecular complexity index is 997. The average molecular weight is 401 g/mol. The molecule has 6 heteroatoms. The van der Waals surface area contributed by atoms with Crippen molar-refractivity contribution in [2.24, 2.45) is 0 Å². The number of nitrogens with zero attached hydrogens (tertiary/aromatic N) is 1. The predicted octanol–water partition coefficient (Wildman–Crippen LogP) is 3.62. The molecular weight excluding hydrogens is 372 g/mol. The molecule has 0 saturated carbocycles. The molecule has 1 amide bonds. The van der Waals surface area contributed by atoms with Crippen LogP contribution in [0.1, 0.15) is 58.4 Å². The Kier molecular flexibility index (Phi) is 5.91. The third kappa shape index (κ3) is 4.13. The van der Waals surface area contributed by atoms with E-state index in [2.05, 4.69) is 23.5 Å². The fraction of sp³-hybridized carbons (Fsp3) is 0.409. The molecule has 0 unspecified atom stereocenters. The molecule has 0 fully saturated rings. The molecule has 0 heterocycles. The Hall–Kier alpha value is -2.18. The minimum Gasteiger partial charge on any atom is -0.346 e. The van der Waals surface area contributed by atoms with Crippen molar-refractivity contribution in [1.82, 2.24) is 9.62 Å². The minimum atomic E-state index is -3.59. The molecule has 0 radical (unpaired) electrons. The molecule has 0 spiro atoms. The molecule has 5 nitrogen and oxygen atoms in total. The lowest BCUT2D eigenvalue weighted by molar-refractivity contribution is 0.0939. The van der Waals surface area contributed by atoms with Crippen molar-refractivity contribution in [1.29, 1.82) is 0 Å². The molecule has 150 valence electrons. The summed E-state index contributed by atoms with van der Waals surface area (Å²) in [7, 11) is -0.629. The SMILES string of the molecule is Cc1ccc(S(=O)(=O)N(C)C)cc1C(=O)N[C@@H](C)c1ccc2c(c1)CCCC2. The fourth-order valence-corrected chi connectivity index (χ4v) is 4.53. The van der Waals surface area contributed by atoms with Crippen LogP contribution in [0, 0.1) is 6.92 Å². The van der Waals surface area contributed by atoms with Gasteiger partial charge in [0, 0.05) is 19.7 Å². The van der Waals surface area contributed by atoms with Gasteiger partial charge in [-0.3, -0.25) is 4.79 Å². The van der Waals surface area contributed by atoms with Crippen molar-refractivity contribution >= 4 is 15.9 Å². The van der Waals surface area contributed by atoms with Crippen LogP contribution >= 0.6 is 0 Å². The van der Waals surface area contributed by atoms with E-state index in [9.17, 15) is 13.2 Å². The van der Waals surface area contributed by atoms with E-state index in [1.807, 2.05) is 13.8 Å². The monoisotopic (exact) mass is 400 g/mol. The summed E-state index contributed by atoms with van der Waals surface area (Å²) in [5.41, 5.74) is 4.98. The summed E-state index contributed by atoms with van der Waals surface area (Å²) in [5.74, 6) is -0.265. The molecule has 0 aromatic heterocycles. The highest BCUT2D eigenvalue weighted by Gasteiger charge is 2.21. The summed E-state index contributed by atoms with van der Waals surface area (Å²) in [6.45, 7) is 3.77. The Balaban J connectivity index is 1.83. The van der Waals surface area contributed by atoms with Crippen molar-refractivity contribution in [3.63, 3.8) is 0 Å². The Labute approximate surface area is 167 Å². The number of sulfonamides is 1. The highest BCUT2D eigenvalue weighted by Crippen LogP contribution is 2.25. The van der Waals surface area contributed by atoms with Gasteiger partial charge < -0.3 is 5.32 Å². The first kappa shape index (κ1) is 20.6. The van der Waals surface area contributed by atoms with Crippen LogP contribution in [-0.4, -0.2) is 32.7 Å². The van der Waals surface area contributed by atoms with Gasteiger partial charge in [-0.05, 0) is 73.9 Å². The zero-order chi connectivity index (χ0) is 20.5. The van der Waals surface area contributed by atoms with Crippen LogP contribution < -0.4 is 5.32 Å². The predicted molar refractivity (Wildman–Crippen MR) is 111 cm³/mol. The van der Waals surface area contributed by atoms with Crippen LogP contribution in [0.4, 0.5) is 0 Å². The van der Waals surface area contributed by atoms with Gasteiger partial charge in [-0.15, -0.1) is 0 Å². The minimum absolute atomic E-state index is 0.120. The number of fused-ring (bicyclic) bond motifs is 1. The lowest BCUT2D eigenvalue weighted by Crippen LogP contribution is -2.28. The maximum absolute atomic E-state index is 12.9. The third-order valence-electron chi connectivity index (χ3n) is 5.45. The number of nitrogens with one attached hydrogen (secondary N) is 1. The highest BCUT2D eigenvalue weighted by atomic mass is 32.2. The molecule has 2 aromatic rings. The number of rotatable bonds is 5. The van der Waals surface area contributed by atoms with Gasteiger partial charge in [0.1, 0.15) is 0 Å². The van der Waals surface area contributed by atoms with E-state index in [-0.39, 0.29) is 16.8 Å². The van der Waals surface area contributed by atoms with Gasteiger partial charge in [-0.2, -0.15) is 0 Å². The summed E-state index contributed by atoms with van der Waals surface area (Å²) in [5, 5.41) is 3.02. The van der Waals surface area contributed by atoms with E-state index in [1.165, 1.54) is 50.2 Å². The normalized spacial score (nSPS) is 15.2. The Morgan fingerprint density at radius 1 is 1.04 bits per heavy atom. The number of amides is 1. The van der Waals surface area contributed by atoms with Gasteiger partial charge in [-0.1, -0.05) is 24.3 Å². The van der Waals surface area contributed by atoms with Crippen molar-refractivity contribution < 1.29 is 13.2 Å². The third-order valence-corrected chi connectivity index (χ3v) is 7.26. The van der Waals surface area contributed by atoms with Crippen LogP contribution in [0.5, 0.6) is 0 Å². The topological polar surface area (TPSA) is 66.5 Å². The zero-order valence-corrected chi connectivity index (χ0v) is 17.8. The second-order valence-electron chi connectivity index (χ2n) is 7.69. The lowest BCUT2D eigenvalue weighted by atomic mass is 9.89. The molecule has 0 saturated heterocycles. The maximum atomic E-state index is 12.9. The summed E-state index contributed by atoms with van der Waals surface area (Å²) in [4.78, 5) is 13.0. The zero-order valence-electron chi connectivity index (χ0n) is 17.0. The Morgan fingerprint density at radius 2 is 1.71 bits per heavy atom. The summed E-state index contributed by atoms with van der Waals surface area (Å²) in [6.07, 6.45) is 4.67. The summed E-state index contributed by atoms with van der Waals surface area (Å²) < 4.78 is 25.9. The van der Waals surface area contributed by atoms with Crippen LogP contribution in [0.15, 0.2) is 41.3 Å². The van der Waals surface area contributed by atoms with Gasteiger partial charge in [0.15, 0.2) is 0 Å². The van der Waals surface area contributed by atoms with Crippen molar-refractivity contribution in [3.05, 3.63) is 64.2 Å². The maximum Gasteiger partial charge on any atom is 0.252 e. The number of carbonyl (C=O) groups excluding carboxylic acids is 1. The van der Waals surface area contributed by atoms with Crippen molar-refractivity contribution in [2.45, 2.75) is 50.5 Å². The van der Waals surface area contributed by atoms with E-state index < -0.39 is 10.0 Å². The molecular formula is C22H28N2O3S. The van der Waals surface area contributed by atoms with Crippen LogP contribution in [0.3, 0.4) is 0 Å². The number of carbonyl (C=O) groups is 1. The second kappa shape index (κ2) is 8.05. The highest BCUT2D eigenvalue weighted by molar-refractivity contribution is 7.89. The standard InChI is InChI=1S/C22H28N2O3S/c1-15-9-12-20(28(26,27)24(3)4)14-21(15)22(25)23-16(2)18-11-10-17-7-5-6-8-19(17)13-18/h9-14,16H,5-8H2,1-4H3,(H,23,25)/t16-/m0/s1. The van der Waals surface area contributed by atoms with E-state index in [0.29, 0.717) is 5.56 Å². The van der Waals surface area contributed by atoms with Gasteiger partial charge in [0.05, 0.1) is 10.9 Å². The molecule has 0 aliphatic heterocycles. The number of benzene rings is 2. The fourth-order valence-electron chi connectivity index (χ4n) is 3.60. The van der Waals surface area contributed by atoms with Gasteiger partial charge in [-0.25, -0.2) is 12.7 Å². The first-order valence-electron chi connectivity index (χ1n) is 9.66. The molecule has 0 bridgehead atoms. The van der Waals surface area contributed by atoms with Crippen LogP contribution in [0.2, 0.25) is 0 Å². The summed E-state index contributed by atoms with van der Waals surface area (Å²) >= 11 is 0. The average Bonchev–Trinajstić information content (AvgIpc) is 2.67. The number of hydrogen-bond acceptors (Lipinski definition) is 3. The molecule has 2 aromatic carbocycles. The summed E-state index contributed by atoms with van der Waals surface area (Å²) in [6, 6.07) is 11.0. The van der Waals surface area contributed by atoms with E-state index >= 15 is 0 Å². The molecule has 1 aliphatic carbocycles. The molecule has 1 atom stereocenters. The van der Waals surface area contributed by atoms with Gasteiger partial charge >= 0.3 is 0 Å². The molecule has 3 rings (SSSR count). The van der Waals surface area contributed by atoms with Crippen LogP contribution in [-0.2, 0) is 22.9 Å². The van der Waals surface area contributed by atoms with E-state index in [0.717, 1.165) is 28.3 Å². The second-order valence-corrected chi connectivity index (χ2v) is 9.85. The lowest BCUT2D eigenvalue weighted by Gasteiger charge is -2.20. The van der Waals surface area contributed by atoms with Crippen molar-refractivity contribution in [2.75, 3.05) is 14.1 Å². The Morgan fingerprint density at radius 3 is 2.39 bits per heavy atom. The molecule has 1 aliphatic rings. The number of aryl methyl sites for hydroxylation is 3.